The van der Waals surface area contributed by atoms with Crippen LogP contribution in [0, 0.1) is 0 Å². The summed E-state index contributed by atoms with van der Waals surface area (Å²) in [6.45, 7) is 1.76. The van der Waals surface area contributed by atoms with Gasteiger partial charge in [-0.25, -0.2) is 4.98 Å². The van der Waals surface area contributed by atoms with Crippen molar-refractivity contribution in [2.75, 3.05) is 20.3 Å². The molecule has 0 saturated carbocycles. The van der Waals surface area contributed by atoms with Crippen LogP contribution in [0.1, 0.15) is 5.56 Å². The molecule has 0 spiro atoms. The molecule has 1 aromatic rings. The van der Waals surface area contributed by atoms with Crippen molar-refractivity contribution in [2.24, 2.45) is 0 Å². The van der Waals surface area contributed by atoms with Gasteiger partial charge in [-0.15, -0.1) is 0 Å². The predicted molar refractivity (Wildman–Crippen MR) is 50.8 cm³/mol. The number of hydrogen-bond acceptors (Lipinski definition) is 3. The third-order valence-corrected chi connectivity index (χ3v) is 1.71. The first kappa shape index (κ1) is 10.4. The molecule has 0 aliphatic carbocycles. The smallest absolute Gasteiger partial charge is 0.129 e. The highest BCUT2D eigenvalue weighted by atomic mass is 35.5. The minimum absolute atomic E-state index is 0.501. The van der Waals surface area contributed by atoms with Crippen molar-refractivity contribution in [3.8, 4) is 0 Å². The number of hydrogen-bond donors (Lipinski definition) is 0. The predicted octanol–water partition coefficient (Wildman–Crippen LogP) is 1.90. The van der Waals surface area contributed by atoms with E-state index >= 15 is 0 Å². The van der Waals surface area contributed by atoms with Crippen molar-refractivity contribution < 1.29 is 9.47 Å². The molecular formula is C9H12ClNO2. The van der Waals surface area contributed by atoms with Crippen LogP contribution in [0.3, 0.4) is 0 Å². The van der Waals surface area contributed by atoms with Crippen molar-refractivity contribution in [3.63, 3.8) is 0 Å². The van der Waals surface area contributed by atoms with Gasteiger partial charge in [-0.2, -0.15) is 0 Å². The Morgan fingerprint density at radius 3 is 2.85 bits per heavy atom. The molecule has 1 heterocycles. The Balaban J connectivity index is 2.25. The van der Waals surface area contributed by atoms with Gasteiger partial charge in [0.1, 0.15) is 5.15 Å². The maximum Gasteiger partial charge on any atom is 0.129 e. The molecule has 72 valence electrons. The third-order valence-electron chi connectivity index (χ3n) is 1.49. The Hall–Kier alpha value is -0.640. The van der Waals surface area contributed by atoms with Crippen LogP contribution in [-0.2, 0) is 16.1 Å². The van der Waals surface area contributed by atoms with Crippen LogP contribution >= 0.6 is 11.6 Å². The molecule has 0 aromatic carbocycles. The van der Waals surface area contributed by atoms with E-state index in [2.05, 4.69) is 4.98 Å². The Bertz CT molecular complexity index is 238. The minimum atomic E-state index is 0.501. The minimum Gasteiger partial charge on any atom is -0.382 e. The number of pyridine rings is 1. The lowest BCUT2D eigenvalue weighted by molar-refractivity contribution is 0.0615. The Kier molecular flexibility index (Phi) is 4.75. The van der Waals surface area contributed by atoms with E-state index in [-0.39, 0.29) is 0 Å². The standard InChI is InChI=1S/C9H12ClNO2/c1-12-4-5-13-7-8-2-3-9(10)11-6-8/h2-3,6H,4-5,7H2,1H3. The highest BCUT2D eigenvalue weighted by molar-refractivity contribution is 6.29. The van der Waals surface area contributed by atoms with Gasteiger partial charge in [0.25, 0.3) is 0 Å². The number of ether oxygens (including phenoxy) is 2. The fraction of sp³-hybridized carbons (Fsp3) is 0.444. The molecule has 0 aliphatic heterocycles. The molecule has 3 nitrogen and oxygen atoms in total. The zero-order valence-electron chi connectivity index (χ0n) is 7.50. The summed E-state index contributed by atoms with van der Waals surface area (Å²) in [4.78, 5) is 3.93. The number of methoxy groups -OCH3 is 1. The molecule has 0 bridgehead atoms. The van der Waals surface area contributed by atoms with Gasteiger partial charge in [-0.3, -0.25) is 0 Å². The fourth-order valence-corrected chi connectivity index (χ4v) is 0.936. The second-order valence-corrected chi connectivity index (χ2v) is 2.92. The van der Waals surface area contributed by atoms with Gasteiger partial charge in [0.2, 0.25) is 0 Å². The van der Waals surface area contributed by atoms with Crippen LogP contribution in [-0.4, -0.2) is 25.3 Å². The van der Waals surface area contributed by atoms with Crippen LogP contribution in [0.4, 0.5) is 0 Å². The molecule has 0 amide bonds. The summed E-state index contributed by atoms with van der Waals surface area (Å²) in [5.41, 5.74) is 1.01. The molecule has 0 unspecified atom stereocenters. The summed E-state index contributed by atoms with van der Waals surface area (Å²) in [7, 11) is 1.65. The molecule has 4 heteroatoms. The van der Waals surface area contributed by atoms with Crippen molar-refractivity contribution in [1.82, 2.24) is 4.98 Å². The average molecular weight is 202 g/mol. The van der Waals surface area contributed by atoms with Crippen LogP contribution in [0.2, 0.25) is 5.15 Å². The molecule has 1 aromatic heterocycles. The monoisotopic (exact) mass is 201 g/mol. The fourth-order valence-electron chi connectivity index (χ4n) is 0.824. The van der Waals surface area contributed by atoms with Crippen LogP contribution in [0.5, 0.6) is 0 Å². The van der Waals surface area contributed by atoms with E-state index in [1.807, 2.05) is 6.07 Å². The third kappa shape index (κ3) is 4.22. The van der Waals surface area contributed by atoms with Crippen molar-refractivity contribution >= 4 is 11.6 Å². The number of nitrogens with zero attached hydrogens (tertiary/aromatic N) is 1. The van der Waals surface area contributed by atoms with Gasteiger partial charge >= 0.3 is 0 Å². The molecule has 0 fully saturated rings. The Labute approximate surface area is 82.6 Å². The molecule has 0 atom stereocenters. The molecule has 1 rings (SSSR count). The number of halogens is 1. The molecule has 0 N–H and O–H groups in total. The van der Waals surface area contributed by atoms with E-state index in [9.17, 15) is 0 Å². The lowest BCUT2D eigenvalue weighted by Gasteiger charge is -2.02. The first-order valence-electron chi connectivity index (χ1n) is 4.00. The SMILES string of the molecule is COCCOCc1ccc(Cl)nc1. The van der Waals surface area contributed by atoms with E-state index in [1.54, 1.807) is 19.4 Å². The van der Waals surface area contributed by atoms with E-state index < -0.39 is 0 Å². The quantitative estimate of drug-likeness (QED) is 0.539. The number of aromatic nitrogens is 1. The van der Waals surface area contributed by atoms with Crippen LogP contribution < -0.4 is 0 Å². The van der Waals surface area contributed by atoms with E-state index in [0.29, 0.717) is 25.0 Å². The van der Waals surface area contributed by atoms with Crippen molar-refractivity contribution in [3.05, 3.63) is 29.0 Å². The first-order chi connectivity index (χ1) is 6.33. The van der Waals surface area contributed by atoms with Gasteiger partial charge in [0.15, 0.2) is 0 Å². The lowest BCUT2D eigenvalue weighted by Crippen LogP contribution is -2.01. The first-order valence-corrected chi connectivity index (χ1v) is 4.38. The van der Waals surface area contributed by atoms with Gasteiger partial charge in [0, 0.05) is 13.3 Å². The summed E-state index contributed by atoms with van der Waals surface area (Å²) in [5.74, 6) is 0. The Morgan fingerprint density at radius 2 is 2.23 bits per heavy atom. The van der Waals surface area contributed by atoms with Crippen molar-refractivity contribution in [2.45, 2.75) is 6.61 Å². The zero-order valence-corrected chi connectivity index (χ0v) is 8.25. The molecule has 0 radical (unpaired) electrons. The highest BCUT2D eigenvalue weighted by Gasteiger charge is 1.93. The maximum absolute atomic E-state index is 5.62. The summed E-state index contributed by atoms with van der Waals surface area (Å²) in [5, 5.41) is 0.501. The molecule has 0 aliphatic rings. The summed E-state index contributed by atoms with van der Waals surface area (Å²) in [6.07, 6.45) is 1.70. The van der Waals surface area contributed by atoms with E-state index in [1.165, 1.54) is 0 Å². The lowest BCUT2D eigenvalue weighted by atomic mass is 10.3. The average Bonchev–Trinajstić information content (AvgIpc) is 2.15. The molecular weight excluding hydrogens is 190 g/mol. The second kappa shape index (κ2) is 5.91. The Morgan fingerprint density at radius 1 is 1.38 bits per heavy atom. The van der Waals surface area contributed by atoms with Crippen LogP contribution in [0.15, 0.2) is 18.3 Å². The van der Waals surface area contributed by atoms with Crippen LogP contribution in [0.25, 0.3) is 0 Å². The van der Waals surface area contributed by atoms with E-state index in [4.69, 9.17) is 21.1 Å². The van der Waals surface area contributed by atoms with Crippen molar-refractivity contribution in [1.29, 1.82) is 0 Å². The van der Waals surface area contributed by atoms with Gasteiger partial charge in [-0.05, 0) is 11.6 Å². The van der Waals surface area contributed by atoms with Gasteiger partial charge in [0.05, 0.1) is 19.8 Å². The normalized spacial score (nSPS) is 10.3. The van der Waals surface area contributed by atoms with Gasteiger partial charge < -0.3 is 9.47 Å². The summed E-state index contributed by atoms with van der Waals surface area (Å²) >= 11 is 5.62. The van der Waals surface area contributed by atoms with E-state index in [0.717, 1.165) is 5.56 Å². The topological polar surface area (TPSA) is 31.4 Å². The number of rotatable bonds is 5. The maximum atomic E-state index is 5.62. The largest absolute Gasteiger partial charge is 0.382 e. The highest BCUT2D eigenvalue weighted by Crippen LogP contribution is 2.05. The van der Waals surface area contributed by atoms with Gasteiger partial charge in [-0.1, -0.05) is 17.7 Å². The summed E-state index contributed by atoms with van der Waals surface area (Å²) < 4.78 is 10.1. The molecule has 13 heavy (non-hydrogen) atoms. The second-order valence-electron chi connectivity index (χ2n) is 2.53. The molecule has 0 saturated heterocycles. The zero-order chi connectivity index (χ0) is 9.52. The summed E-state index contributed by atoms with van der Waals surface area (Å²) in [6, 6.07) is 3.64.